The summed E-state index contributed by atoms with van der Waals surface area (Å²) in [6, 6.07) is 9.40. The molecule has 1 amide bonds. The number of hydrogen-bond acceptors (Lipinski definition) is 6. The van der Waals surface area contributed by atoms with Gasteiger partial charge >= 0.3 is 6.18 Å². The lowest BCUT2D eigenvalue weighted by molar-refractivity contribution is -0.140. The third-order valence-corrected chi connectivity index (χ3v) is 8.21. The van der Waals surface area contributed by atoms with Crippen molar-refractivity contribution < 1.29 is 35.9 Å². The van der Waals surface area contributed by atoms with E-state index in [1.807, 2.05) is 0 Å². The summed E-state index contributed by atoms with van der Waals surface area (Å²) >= 11 is 0. The summed E-state index contributed by atoms with van der Waals surface area (Å²) in [7, 11) is -3.52. The lowest BCUT2D eigenvalue weighted by Gasteiger charge is -2.29. The van der Waals surface area contributed by atoms with Crippen LogP contribution in [0, 0.1) is 5.82 Å². The molecule has 0 fully saturated rings. The molecule has 0 radical (unpaired) electrons. The van der Waals surface area contributed by atoms with Gasteiger partial charge in [-0.15, -0.1) is 0 Å². The smallest absolute Gasteiger partial charge is 0.419 e. The van der Waals surface area contributed by atoms with E-state index in [-0.39, 0.29) is 29.4 Å². The first-order chi connectivity index (χ1) is 18.8. The number of halogens is 4. The van der Waals surface area contributed by atoms with Crippen LogP contribution < -0.4 is 0 Å². The minimum absolute atomic E-state index is 0.0318. The summed E-state index contributed by atoms with van der Waals surface area (Å²) in [5.74, 6) is -2.33. The molecular formula is C27H26F4N4O4S. The maximum absolute atomic E-state index is 13.8. The maximum Gasteiger partial charge on any atom is 0.419 e. The molecule has 2 aromatic carbocycles. The molecule has 1 N–H and O–H groups in total. The van der Waals surface area contributed by atoms with E-state index >= 15 is 0 Å². The second-order valence-electron chi connectivity index (χ2n) is 9.17. The fourth-order valence-corrected chi connectivity index (χ4v) is 5.11. The first-order valence-corrected chi connectivity index (χ1v) is 14.1. The van der Waals surface area contributed by atoms with Crippen LogP contribution in [0.4, 0.5) is 17.6 Å². The summed E-state index contributed by atoms with van der Waals surface area (Å²) in [5, 5.41) is 9.77. The van der Waals surface area contributed by atoms with E-state index in [1.165, 1.54) is 30.2 Å². The van der Waals surface area contributed by atoms with Gasteiger partial charge in [-0.2, -0.15) is 13.2 Å². The lowest BCUT2D eigenvalue weighted by Crippen LogP contribution is -2.38. The van der Waals surface area contributed by atoms with E-state index in [9.17, 15) is 35.9 Å². The third kappa shape index (κ3) is 6.24. The van der Waals surface area contributed by atoms with Crippen molar-refractivity contribution in [2.45, 2.75) is 32.5 Å². The standard InChI is InChI=1S/C27H26F4N4O4S/c1-3-40(38,39)14-13-34(23(37)16-18-5-10-22(28)21(15-18)27(29,30)31)17(2)24-25(19-6-8-20(36)9-7-19)35-12-4-11-32-26(35)33-24/h4-12,15,17,36H,3,13-14,16H2,1-2H3/t17-/m1/s1. The van der Waals surface area contributed by atoms with Gasteiger partial charge in [0, 0.05) is 30.3 Å². The van der Waals surface area contributed by atoms with Crippen LogP contribution in [0.3, 0.4) is 0 Å². The van der Waals surface area contributed by atoms with Gasteiger partial charge in [0.05, 0.1) is 35.2 Å². The zero-order valence-electron chi connectivity index (χ0n) is 21.6. The van der Waals surface area contributed by atoms with Crippen LogP contribution in [0.25, 0.3) is 17.0 Å². The van der Waals surface area contributed by atoms with E-state index in [4.69, 9.17) is 0 Å². The average Bonchev–Trinajstić information content (AvgIpc) is 3.29. The second-order valence-corrected chi connectivity index (χ2v) is 11.6. The molecule has 0 aliphatic carbocycles. The topological polar surface area (TPSA) is 105 Å². The van der Waals surface area contributed by atoms with Gasteiger partial charge in [-0.3, -0.25) is 9.20 Å². The number of imidazole rings is 1. The molecule has 212 valence electrons. The molecule has 40 heavy (non-hydrogen) atoms. The number of carbonyl (C=O) groups excluding carboxylic acids is 1. The zero-order valence-corrected chi connectivity index (χ0v) is 22.4. The number of phenolic OH excluding ortho intramolecular Hbond substituents is 1. The molecule has 0 aliphatic rings. The Morgan fingerprint density at radius 1 is 1.15 bits per heavy atom. The average molecular weight is 579 g/mol. The van der Waals surface area contributed by atoms with Gasteiger partial charge in [0.15, 0.2) is 9.84 Å². The van der Waals surface area contributed by atoms with Crippen LogP contribution in [0.5, 0.6) is 5.75 Å². The van der Waals surface area contributed by atoms with Gasteiger partial charge in [-0.1, -0.05) is 13.0 Å². The van der Waals surface area contributed by atoms with Gasteiger partial charge < -0.3 is 10.0 Å². The van der Waals surface area contributed by atoms with Gasteiger partial charge in [0.2, 0.25) is 11.7 Å². The van der Waals surface area contributed by atoms with Crippen molar-refractivity contribution in [2.75, 3.05) is 18.1 Å². The molecule has 4 rings (SSSR count). The van der Waals surface area contributed by atoms with Gasteiger partial charge in [-0.05, 0) is 55.0 Å². The Kier molecular flexibility index (Phi) is 8.15. The Morgan fingerprint density at radius 3 is 2.50 bits per heavy atom. The number of phenols is 1. The highest BCUT2D eigenvalue weighted by atomic mass is 32.2. The molecular weight excluding hydrogens is 552 g/mol. The largest absolute Gasteiger partial charge is 0.508 e. The van der Waals surface area contributed by atoms with E-state index in [2.05, 4.69) is 9.97 Å². The first-order valence-electron chi connectivity index (χ1n) is 12.3. The molecule has 1 atom stereocenters. The van der Waals surface area contributed by atoms with Crippen molar-refractivity contribution in [3.05, 3.63) is 83.6 Å². The summed E-state index contributed by atoms with van der Waals surface area (Å²) < 4.78 is 80.0. The number of carbonyl (C=O) groups is 1. The quantitative estimate of drug-likeness (QED) is 0.286. The number of aromatic hydroxyl groups is 1. The van der Waals surface area contributed by atoms with Crippen molar-refractivity contribution in [2.24, 2.45) is 0 Å². The molecule has 0 saturated carbocycles. The third-order valence-electron chi connectivity index (χ3n) is 6.53. The fourth-order valence-electron chi connectivity index (χ4n) is 4.34. The van der Waals surface area contributed by atoms with E-state index in [0.717, 1.165) is 6.07 Å². The van der Waals surface area contributed by atoms with E-state index < -0.39 is 45.8 Å². The van der Waals surface area contributed by atoms with Crippen LogP contribution in [-0.2, 0) is 27.2 Å². The summed E-state index contributed by atoms with van der Waals surface area (Å²) in [6.07, 6.45) is -2.24. The predicted octanol–water partition coefficient (Wildman–Crippen LogP) is 4.83. The summed E-state index contributed by atoms with van der Waals surface area (Å²) in [4.78, 5) is 23.7. The first kappa shape index (κ1) is 29.0. The highest BCUT2D eigenvalue weighted by molar-refractivity contribution is 7.91. The number of fused-ring (bicyclic) bond motifs is 1. The number of benzene rings is 2. The number of amides is 1. The Balaban J connectivity index is 1.77. The van der Waals surface area contributed by atoms with Crippen molar-refractivity contribution in [3.63, 3.8) is 0 Å². The van der Waals surface area contributed by atoms with Gasteiger partial charge in [0.1, 0.15) is 11.6 Å². The highest BCUT2D eigenvalue weighted by Crippen LogP contribution is 2.34. The Bertz CT molecular complexity index is 1640. The molecule has 0 saturated heterocycles. The van der Waals surface area contributed by atoms with Crippen molar-refractivity contribution in [1.82, 2.24) is 19.3 Å². The molecule has 0 aliphatic heterocycles. The summed E-state index contributed by atoms with van der Waals surface area (Å²) in [6.45, 7) is 2.85. The fraction of sp³-hybridized carbons (Fsp3) is 0.296. The Hall–Kier alpha value is -4.00. The zero-order chi connectivity index (χ0) is 29.2. The SMILES string of the molecule is CCS(=O)(=O)CCN(C(=O)Cc1ccc(F)c(C(F)(F)F)c1)[C@H](C)c1nc2ncccn2c1-c1ccc(O)cc1. The van der Waals surface area contributed by atoms with Crippen LogP contribution in [0.2, 0.25) is 0 Å². The van der Waals surface area contributed by atoms with Crippen LogP contribution in [0.15, 0.2) is 60.9 Å². The minimum atomic E-state index is -4.95. The molecule has 0 unspecified atom stereocenters. The van der Waals surface area contributed by atoms with Gasteiger partial charge in [-0.25, -0.2) is 22.8 Å². The molecule has 0 spiro atoms. The molecule has 0 bridgehead atoms. The molecule has 2 aromatic heterocycles. The van der Waals surface area contributed by atoms with E-state index in [1.54, 1.807) is 35.7 Å². The Labute approximate surface area is 227 Å². The molecule has 8 nitrogen and oxygen atoms in total. The highest BCUT2D eigenvalue weighted by Gasteiger charge is 2.35. The number of alkyl halides is 3. The monoisotopic (exact) mass is 578 g/mol. The van der Waals surface area contributed by atoms with Crippen molar-refractivity contribution in [1.29, 1.82) is 0 Å². The molecule has 2 heterocycles. The number of nitrogens with zero attached hydrogens (tertiary/aromatic N) is 4. The van der Waals surface area contributed by atoms with Gasteiger partial charge in [0.25, 0.3) is 0 Å². The van der Waals surface area contributed by atoms with Crippen LogP contribution in [0.1, 0.15) is 36.7 Å². The Morgan fingerprint density at radius 2 is 1.85 bits per heavy atom. The number of hydrogen-bond donors (Lipinski definition) is 1. The number of aromatic nitrogens is 3. The van der Waals surface area contributed by atoms with E-state index in [0.29, 0.717) is 34.9 Å². The predicted molar refractivity (Wildman–Crippen MR) is 140 cm³/mol. The second kappa shape index (κ2) is 11.2. The van der Waals surface area contributed by atoms with Crippen molar-refractivity contribution >= 4 is 21.5 Å². The number of rotatable bonds is 9. The lowest BCUT2D eigenvalue weighted by atomic mass is 10.0. The minimum Gasteiger partial charge on any atom is -0.508 e. The van der Waals surface area contributed by atoms with Crippen molar-refractivity contribution in [3.8, 4) is 17.0 Å². The molecule has 4 aromatic rings. The number of sulfone groups is 1. The van der Waals surface area contributed by atoms with Crippen LogP contribution in [-0.4, -0.2) is 56.8 Å². The molecule has 13 heteroatoms. The normalized spacial score (nSPS) is 12.9. The maximum atomic E-state index is 13.8. The van der Waals surface area contributed by atoms with Crippen LogP contribution >= 0.6 is 0 Å². The summed E-state index contributed by atoms with van der Waals surface area (Å²) in [5.41, 5.74) is -0.0478.